The summed E-state index contributed by atoms with van der Waals surface area (Å²) >= 11 is 0. The topological polar surface area (TPSA) is 68.1 Å². The van der Waals surface area contributed by atoms with Crippen molar-refractivity contribution in [2.45, 2.75) is 19.8 Å². The number of carbonyl (C=O) groups excluding carboxylic acids is 3. The van der Waals surface area contributed by atoms with E-state index in [-0.39, 0.29) is 11.9 Å². The number of esters is 1. The number of piperidine rings is 1. The Kier molecular flexibility index (Phi) is 4.17. The number of hydrogen-bond acceptors (Lipinski definition) is 4. The average molecular weight is 317 g/mol. The third-order valence-electron chi connectivity index (χ3n) is 4.74. The molecule has 1 aromatic rings. The molecule has 0 bridgehead atoms. The predicted molar refractivity (Wildman–Crippen MR) is 83.3 cm³/mol. The molecule has 1 N–H and O–H groups in total. The Morgan fingerprint density at radius 3 is 2.65 bits per heavy atom. The number of Topliss-reactive ketones (excluding diaryl/α,β-unsaturated/α-hetero) is 1. The third-order valence-corrected chi connectivity index (χ3v) is 4.74. The number of anilines is 1. The lowest BCUT2D eigenvalue weighted by Gasteiger charge is -2.30. The van der Waals surface area contributed by atoms with Crippen LogP contribution in [0.1, 0.15) is 28.8 Å². The van der Waals surface area contributed by atoms with E-state index in [1.165, 1.54) is 12.0 Å². The lowest BCUT2D eigenvalue weighted by atomic mass is 9.97. The number of likely N-dealkylation sites (tertiary alicyclic amines) is 1. The molecule has 6 nitrogen and oxygen atoms in total. The molecule has 122 valence electrons. The molecular weight excluding hydrogens is 296 g/mol. The fraction of sp³-hybridized carbons (Fsp3) is 0.471. The molecule has 1 saturated heterocycles. The molecule has 0 unspecified atom stereocenters. The first kappa shape index (κ1) is 15.7. The van der Waals surface area contributed by atoms with E-state index in [2.05, 4.69) is 0 Å². The summed E-state index contributed by atoms with van der Waals surface area (Å²) in [7, 11) is 1.41. The summed E-state index contributed by atoms with van der Waals surface area (Å²) in [5.74, 6) is -1.08. The molecule has 0 spiro atoms. The van der Waals surface area contributed by atoms with Gasteiger partial charge in [-0.25, -0.2) is 0 Å². The molecule has 0 atom stereocenters. The van der Waals surface area contributed by atoms with Gasteiger partial charge in [-0.2, -0.15) is 0 Å². The van der Waals surface area contributed by atoms with Crippen molar-refractivity contribution in [2.75, 3.05) is 31.8 Å². The number of ether oxygens (including phenoxy) is 1. The van der Waals surface area contributed by atoms with Crippen LogP contribution in [-0.4, -0.2) is 44.5 Å². The highest BCUT2D eigenvalue weighted by Gasteiger charge is 2.39. The van der Waals surface area contributed by atoms with Crippen molar-refractivity contribution in [3.05, 3.63) is 29.3 Å². The van der Waals surface area contributed by atoms with Crippen molar-refractivity contribution >= 4 is 23.3 Å². The number of amides is 1. The molecule has 2 aliphatic heterocycles. The number of rotatable bonds is 3. The minimum absolute atomic E-state index is 0.0467. The summed E-state index contributed by atoms with van der Waals surface area (Å²) < 4.78 is 4.79. The van der Waals surface area contributed by atoms with Crippen LogP contribution < -0.4 is 9.80 Å². The number of hydrogen-bond donors (Lipinski definition) is 1. The van der Waals surface area contributed by atoms with Gasteiger partial charge >= 0.3 is 11.9 Å². The first-order chi connectivity index (χ1) is 11.0. The van der Waals surface area contributed by atoms with Gasteiger partial charge in [0, 0.05) is 12.8 Å². The Labute approximate surface area is 135 Å². The van der Waals surface area contributed by atoms with Gasteiger partial charge < -0.3 is 9.64 Å². The number of nitrogens with one attached hydrogen (secondary N) is 1. The second-order valence-electron chi connectivity index (χ2n) is 6.29. The number of aryl methyl sites for hydroxylation is 1. The second kappa shape index (κ2) is 6.12. The molecule has 2 heterocycles. The zero-order valence-electron chi connectivity index (χ0n) is 13.4. The van der Waals surface area contributed by atoms with Crippen molar-refractivity contribution < 1.29 is 24.0 Å². The zero-order chi connectivity index (χ0) is 16.6. The Hall–Kier alpha value is -2.21. The van der Waals surface area contributed by atoms with Crippen LogP contribution in [0.4, 0.5) is 5.69 Å². The van der Waals surface area contributed by atoms with Gasteiger partial charge in [-0.15, -0.1) is 0 Å². The molecule has 0 saturated carbocycles. The summed E-state index contributed by atoms with van der Waals surface area (Å²) in [6, 6.07) is 5.53. The smallest absolute Gasteiger partial charge is 0.309 e. The van der Waals surface area contributed by atoms with Gasteiger partial charge in [-0.05, 0) is 19.1 Å². The van der Waals surface area contributed by atoms with E-state index < -0.39 is 11.7 Å². The zero-order valence-corrected chi connectivity index (χ0v) is 13.4. The van der Waals surface area contributed by atoms with Gasteiger partial charge in [0.25, 0.3) is 5.78 Å². The number of carbonyl (C=O) groups is 3. The van der Waals surface area contributed by atoms with Crippen LogP contribution in [0.15, 0.2) is 18.2 Å². The van der Waals surface area contributed by atoms with E-state index in [0.29, 0.717) is 17.9 Å². The lowest BCUT2D eigenvalue weighted by molar-refractivity contribution is -0.904. The molecule has 0 aliphatic carbocycles. The van der Waals surface area contributed by atoms with E-state index in [1.54, 1.807) is 11.0 Å². The second-order valence-corrected chi connectivity index (χ2v) is 6.29. The van der Waals surface area contributed by atoms with Crippen LogP contribution in [0.3, 0.4) is 0 Å². The summed E-state index contributed by atoms with van der Waals surface area (Å²) in [6.45, 7) is 3.95. The van der Waals surface area contributed by atoms with Crippen molar-refractivity contribution in [3.63, 3.8) is 0 Å². The number of quaternary nitrogens is 1. The van der Waals surface area contributed by atoms with Gasteiger partial charge in [-0.3, -0.25) is 19.3 Å². The van der Waals surface area contributed by atoms with Crippen molar-refractivity contribution in [2.24, 2.45) is 5.92 Å². The maximum atomic E-state index is 12.3. The fourth-order valence-electron chi connectivity index (χ4n) is 3.38. The van der Waals surface area contributed by atoms with Crippen LogP contribution in [0.25, 0.3) is 0 Å². The number of methoxy groups -OCH3 is 1. The molecule has 1 fully saturated rings. The average Bonchev–Trinajstić information content (AvgIpc) is 2.79. The Morgan fingerprint density at radius 1 is 1.30 bits per heavy atom. The normalized spacial score (nSPS) is 23.8. The molecule has 1 amide bonds. The summed E-state index contributed by atoms with van der Waals surface area (Å²) in [5.41, 5.74) is 2.17. The molecular formula is C17H21N2O4+. The van der Waals surface area contributed by atoms with Crippen molar-refractivity contribution in [3.8, 4) is 0 Å². The van der Waals surface area contributed by atoms with Gasteiger partial charge in [0.15, 0.2) is 6.67 Å². The van der Waals surface area contributed by atoms with E-state index in [1.807, 2.05) is 19.1 Å². The molecule has 0 aromatic heterocycles. The molecule has 23 heavy (non-hydrogen) atoms. The molecule has 3 rings (SSSR count). The standard InChI is InChI=1S/C17H20N2O4/c1-11-3-4-14-13(9-11)15(20)16(21)19(14)10-18-7-5-12(6-8-18)17(22)23-2/h3-4,9,12H,5-8,10H2,1-2H3/p+1. The Balaban J connectivity index is 1.69. The highest BCUT2D eigenvalue weighted by molar-refractivity contribution is 6.52. The number of nitrogens with zero attached hydrogens (tertiary/aromatic N) is 1. The van der Waals surface area contributed by atoms with E-state index in [4.69, 9.17) is 4.74 Å². The number of benzene rings is 1. The minimum Gasteiger partial charge on any atom is -0.469 e. The first-order valence-corrected chi connectivity index (χ1v) is 7.89. The van der Waals surface area contributed by atoms with Gasteiger partial charge in [0.1, 0.15) is 0 Å². The summed E-state index contributed by atoms with van der Waals surface area (Å²) in [4.78, 5) is 38.7. The number of fused-ring (bicyclic) bond motifs is 1. The van der Waals surface area contributed by atoms with Gasteiger partial charge in [-0.1, -0.05) is 11.6 Å². The van der Waals surface area contributed by atoms with Crippen LogP contribution >= 0.6 is 0 Å². The highest BCUT2D eigenvalue weighted by Crippen LogP contribution is 2.28. The molecule has 6 heteroatoms. The monoisotopic (exact) mass is 317 g/mol. The molecule has 2 aliphatic rings. The minimum atomic E-state index is -0.451. The van der Waals surface area contributed by atoms with Crippen LogP contribution in [-0.2, 0) is 14.3 Å². The first-order valence-electron chi connectivity index (χ1n) is 7.89. The molecule has 1 aromatic carbocycles. The quantitative estimate of drug-likeness (QED) is 0.627. The van der Waals surface area contributed by atoms with E-state index in [0.717, 1.165) is 31.5 Å². The predicted octanol–water partition coefficient (Wildman–Crippen LogP) is -0.0503. The molecule has 0 radical (unpaired) electrons. The van der Waals surface area contributed by atoms with Crippen LogP contribution in [0.5, 0.6) is 0 Å². The van der Waals surface area contributed by atoms with Crippen molar-refractivity contribution in [1.29, 1.82) is 0 Å². The fourth-order valence-corrected chi connectivity index (χ4v) is 3.38. The van der Waals surface area contributed by atoms with E-state index in [9.17, 15) is 14.4 Å². The largest absolute Gasteiger partial charge is 0.469 e. The summed E-state index contributed by atoms with van der Waals surface area (Å²) in [6.07, 6.45) is 1.50. The van der Waals surface area contributed by atoms with Gasteiger partial charge in [0.05, 0.1) is 37.4 Å². The van der Waals surface area contributed by atoms with Crippen LogP contribution in [0.2, 0.25) is 0 Å². The SMILES string of the molecule is COC(=O)C1CC[NH+](CN2C(=O)C(=O)c3cc(C)ccc32)CC1. The third kappa shape index (κ3) is 2.86. The number of ketones is 1. The van der Waals surface area contributed by atoms with E-state index >= 15 is 0 Å². The highest BCUT2D eigenvalue weighted by atomic mass is 16.5. The maximum absolute atomic E-state index is 12.3. The van der Waals surface area contributed by atoms with Crippen LogP contribution in [0, 0.1) is 12.8 Å². The summed E-state index contributed by atoms with van der Waals surface area (Å²) in [5, 5.41) is 0. The van der Waals surface area contributed by atoms with Gasteiger partial charge in [0.2, 0.25) is 0 Å². The Bertz CT molecular complexity index is 663. The van der Waals surface area contributed by atoms with Crippen molar-refractivity contribution in [1.82, 2.24) is 0 Å². The maximum Gasteiger partial charge on any atom is 0.309 e. The lowest BCUT2D eigenvalue weighted by Crippen LogP contribution is -3.14. The Morgan fingerprint density at radius 2 is 2.00 bits per heavy atom.